The average molecular weight is 273 g/mol. The first-order valence-corrected chi connectivity index (χ1v) is 7.85. The molecule has 3 heteroatoms. The van der Waals surface area contributed by atoms with E-state index < -0.39 is 0 Å². The highest BCUT2D eigenvalue weighted by atomic mass is 15.3. The Balaban J connectivity index is 1.60. The van der Waals surface area contributed by atoms with Gasteiger partial charge in [0.25, 0.3) is 0 Å². The lowest BCUT2D eigenvalue weighted by molar-refractivity contribution is 0.0439. The molecule has 3 rings (SSSR count). The van der Waals surface area contributed by atoms with E-state index in [4.69, 9.17) is 0 Å². The molecule has 20 heavy (non-hydrogen) atoms. The molecule has 0 spiro atoms. The Morgan fingerprint density at radius 3 is 2.45 bits per heavy atom. The largest absolute Gasteiger partial charge is 0.383 e. The standard InChI is InChI=1S/C17H27N3/c1-17(2,3)20-10-8-19(9-11-20)15-12-14-6-4-5-7-16(14)18-13-15/h4-7,15,18H,8-13H2,1-3H3. The van der Waals surface area contributed by atoms with Crippen LogP contribution in [0.25, 0.3) is 0 Å². The van der Waals surface area contributed by atoms with Crippen LogP contribution in [0, 0.1) is 0 Å². The van der Waals surface area contributed by atoms with Gasteiger partial charge < -0.3 is 5.32 Å². The van der Waals surface area contributed by atoms with Crippen molar-refractivity contribution in [2.24, 2.45) is 0 Å². The van der Waals surface area contributed by atoms with E-state index in [2.05, 4.69) is 60.2 Å². The summed E-state index contributed by atoms with van der Waals surface area (Å²) in [5.74, 6) is 0. The van der Waals surface area contributed by atoms with Gasteiger partial charge in [0.15, 0.2) is 0 Å². The fraction of sp³-hybridized carbons (Fsp3) is 0.647. The first kappa shape index (κ1) is 13.9. The summed E-state index contributed by atoms with van der Waals surface area (Å²) in [6.07, 6.45) is 1.19. The maximum atomic E-state index is 3.60. The van der Waals surface area contributed by atoms with Crippen LogP contribution in [0.15, 0.2) is 24.3 Å². The van der Waals surface area contributed by atoms with Gasteiger partial charge in [-0.1, -0.05) is 18.2 Å². The summed E-state index contributed by atoms with van der Waals surface area (Å²) in [4.78, 5) is 5.28. The molecule has 110 valence electrons. The lowest BCUT2D eigenvalue weighted by Crippen LogP contribution is -2.57. The third-order valence-corrected chi connectivity index (χ3v) is 4.78. The van der Waals surface area contributed by atoms with Gasteiger partial charge in [0.2, 0.25) is 0 Å². The summed E-state index contributed by atoms with van der Waals surface area (Å²) in [6, 6.07) is 9.39. The second-order valence-corrected chi connectivity index (χ2v) is 7.09. The first-order chi connectivity index (χ1) is 9.54. The molecule has 0 radical (unpaired) electrons. The molecule has 0 aliphatic carbocycles. The van der Waals surface area contributed by atoms with Crippen molar-refractivity contribution in [3.05, 3.63) is 29.8 Å². The zero-order valence-electron chi connectivity index (χ0n) is 13.0. The molecule has 3 nitrogen and oxygen atoms in total. The SMILES string of the molecule is CC(C)(C)N1CCN(C2CNc3ccccc3C2)CC1. The van der Waals surface area contributed by atoms with Gasteiger partial charge in [-0.15, -0.1) is 0 Å². The normalized spacial score (nSPS) is 25.1. The lowest BCUT2D eigenvalue weighted by Gasteiger charge is -2.45. The van der Waals surface area contributed by atoms with Gasteiger partial charge in [-0.25, -0.2) is 0 Å². The molecule has 0 aromatic heterocycles. The van der Waals surface area contributed by atoms with E-state index in [0.29, 0.717) is 11.6 Å². The quantitative estimate of drug-likeness (QED) is 0.848. The monoisotopic (exact) mass is 273 g/mol. The van der Waals surface area contributed by atoms with Crippen molar-refractivity contribution < 1.29 is 0 Å². The minimum absolute atomic E-state index is 0.309. The number of para-hydroxylation sites is 1. The molecule has 1 N–H and O–H groups in total. The molecule has 1 aromatic rings. The Kier molecular flexibility index (Phi) is 3.74. The van der Waals surface area contributed by atoms with Crippen molar-refractivity contribution in [2.75, 3.05) is 38.0 Å². The zero-order valence-corrected chi connectivity index (χ0v) is 13.0. The van der Waals surface area contributed by atoms with E-state index in [9.17, 15) is 0 Å². The molecule has 2 aliphatic rings. The number of nitrogens with one attached hydrogen (secondary N) is 1. The highest BCUT2D eigenvalue weighted by molar-refractivity contribution is 5.53. The highest BCUT2D eigenvalue weighted by Gasteiger charge is 2.30. The summed E-state index contributed by atoms with van der Waals surface area (Å²) in [6.45, 7) is 12.8. The molecular formula is C17H27N3. The fourth-order valence-electron chi connectivity index (χ4n) is 3.44. The summed E-state index contributed by atoms with van der Waals surface area (Å²) in [5, 5.41) is 3.60. The fourth-order valence-corrected chi connectivity index (χ4v) is 3.44. The molecule has 0 saturated carbocycles. The molecular weight excluding hydrogens is 246 g/mol. The van der Waals surface area contributed by atoms with Crippen LogP contribution >= 0.6 is 0 Å². The topological polar surface area (TPSA) is 18.5 Å². The van der Waals surface area contributed by atoms with Crippen LogP contribution in [0.3, 0.4) is 0 Å². The Bertz CT molecular complexity index is 456. The van der Waals surface area contributed by atoms with Gasteiger partial charge in [-0.05, 0) is 38.8 Å². The third kappa shape index (κ3) is 2.84. The predicted octanol–water partition coefficient (Wildman–Crippen LogP) is 2.44. The summed E-state index contributed by atoms with van der Waals surface area (Å²) in [7, 11) is 0. The van der Waals surface area contributed by atoms with E-state index in [1.165, 1.54) is 43.9 Å². The summed E-state index contributed by atoms with van der Waals surface area (Å²) in [5.41, 5.74) is 3.11. The van der Waals surface area contributed by atoms with Crippen LogP contribution in [-0.4, -0.2) is 54.1 Å². The second-order valence-electron chi connectivity index (χ2n) is 7.09. The Labute approximate surface area is 123 Å². The maximum absolute atomic E-state index is 3.60. The smallest absolute Gasteiger partial charge is 0.0373 e. The molecule has 1 aromatic carbocycles. The minimum atomic E-state index is 0.309. The zero-order chi connectivity index (χ0) is 14.2. The van der Waals surface area contributed by atoms with E-state index in [-0.39, 0.29) is 0 Å². The van der Waals surface area contributed by atoms with Crippen LogP contribution in [0.4, 0.5) is 5.69 Å². The van der Waals surface area contributed by atoms with Crippen molar-refractivity contribution in [3.63, 3.8) is 0 Å². The first-order valence-electron chi connectivity index (χ1n) is 7.85. The number of benzene rings is 1. The van der Waals surface area contributed by atoms with Crippen molar-refractivity contribution in [3.8, 4) is 0 Å². The van der Waals surface area contributed by atoms with E-state index in [1.807, 2.05) is 0 Å². The van der Waals surface area contributed by atoms with E-state index in [0.717, 1.165) is 6.54 Å². The van der Waals surface area contributed by atoms with Gasteiger partial charge in [0, 0.05) is 50.0 Å². The second kappa shape index (κ2) is 5.38. The number of rotatable bonds is 1. The van der Waals surface area contributed by atoms with Gasteiger partial charge >= 0.3 is 0 Å². The lowest BCUT2D eigenvalue weighted by atomic mass is 9.97. The minimum Gasteiger partial charge on any atom is -0.383 e. The molecule has 1 unspecified atom stereocenters. The number of fused-ring (bicyclic) bond motifs is 1. The molecule has 1 fully saturated rings. The summed E-state index contributed by atoms with van der Waals surface area (Å²) < 4.78 is 0. The molecule has 1 saturated heterocycles. The predicted molar refractivity (Wildman–Crippen MR) is 85.3 cm³/mol. The molecule has 2 aliphatic heterocycles. The third-order valence-electron chi connectivity index (χ3n) is 4.78. The van der Waals surface area contributed by atoms with Crippen LogP contribution in [0.2, 0.25) is 0 Å². The molecule has 1 atom stereocenters. The Hall–Kier alpha value is -1.06. The number of nitrogens with zero attached hydrogens (tertiary/aromatic N) is 2. The van der Waals surface area contributed by atoms with Crippen molar-refractivity contribution in [1.29, 1.82) is 0 Å². The Morgan fingerprint density at radius 1 is 1.05 bits per heavy atom. The number of hydrogen-bond acceptors (Lipinski definition) is 3. The van der Waals surface area contributed by atoms with E-state index >= 15 is 0 Å². The van der Waals surface area contributed by atoms with Crippen molar-refractivity contribution in [2.45, 2.75) is 38.8 Å². The van der Waals surface area contributed by atoms with Gasteiger partial charge in [-0.3, -0.25) is 9.80 Å². The van der Waals surface area contributed by atoms with Crippen LogP contribution in [0.1, 0.15) is 26.3 Å². The maximum Gasteiger partial charge on any atom is 0.0373 e. The van der Waals surface area contributed by atoms with Gasteiger partial charge in [-0.2, -0.15) is 0 Å². The van der Waals surface area contributed by atoms with E-state index in [1.54, 1.807) is 0 Å². The highest BCUT2D eigenvalue weighted by Crippen LogP contribution is 2.25. The molecule has 0 amide bonds. The van der Waals surface area contributed by atoms with Crippen LogP contribution in [-0.2, 0) is 6.42 Å². The van der Waals surface area contributed by atoms with Crippen LogP contribution < -0.4 is 5.32 Å². The number of piperazine rings is 1. The van der Waals surface area contributed by atoms with Crippen molar-refractivity contribution in [1.82, 2.24) is 9.80 Å². The number of anilines is 1. The average Bonchev–Trinajstić information content (AvgIpc) is 2.46. The van der Waals surface area contributed by atoms with Crippen molar-refractivity contribution >= 4 is 5.69 Å². The Morgan fingerprint density at radius 2 is 1.75 bits per heavy atom. The van der Waals surface area contributed by atoms with Gasteiger partial charge in [0.05, 0.1) is 0 Å². The number of hydrogen-bond donors (Lipinski definition) is 1. The summed E-state index contributed by atoms with van der Waals surface area (Å²) >= 11 is 0. The van der Waals surface area contributed by atoms with Crippen LogP contribution in [0.5, 0.6) is 0 Å². The molecule has 0 bridgehead atoms. The molecule has 2 heterocycles. The van der Waals surface area contributed by atoms with Gasteiger partial charge in [0.1, 0.15) is 0 Å².